The minimum atomic E-state index is -0.975. The fraction of sp³-hybridized carbons (Fsp3) is 0.792. The zero-order chi connectivity index (χ0) is 43.5. The van der Waals surface area contributed by atoms with Crippen molar-refractivity contribution in [2.45, 2.75) is 231 Å². The number of fused-ring (bicyclic) bond motifs is 23. The summed E-state index contributed by atoms with van der Waals surface area (Å²) < 4.78 is 22.5. The lowest BCUT2D eigenvalue weighted by Crippen LogP contribution is -2.42. The van der Waals surface area contributed by atoms with Crippen molar-refractivity contribution in [3.63, 3.8) is 0 Å². The second-order valence-electron chi connectivity index (χ2n) is 16.3. The fourth-order valence-corrected chi connectivity index (χ4v) is 7.22. The number of carbonyl (C=O) groups is 6. The van der Waals surface area contributed by atoms with E-state index in [1.165, 1.54) is 51.4 Å². The van der Waals surface area contributed by atoms with E-state index in [0.717, 1.165) is 51.4 Å². The van der Waals surface area contributed by atoms with Crippen molar-refractivity contribution in [2.75, 3.05) is 13.2 Å². The molecule has 0 unspecified atom stereocenters. The summed E-state index contributed by atoms with van der Waals surface area (Å²) in [4.78, 5) is 77.6. The molecule has 2 amide bonds. The highest BCUT2D eigenvalue weighted by atomic mass is 16.6. The molecule has 60 heavy (non-hydrogen) atoms. The molecule has 3 aliphatic rings. The van der Waals surface area contributed by atoms with Gasteiger partial charge in [-0.25, -0.2) is 9.59 Å². The number of unbranched alkanes of at least 4 members (excludes halogenated alkanes) is 14. The van der Waals surface area contributed by atoms with Crippen LogP contribution in [0.2, 0.25) is 0 Å². The van der Waals surface area contributed by atoms with Crippen molar-refractivity contribution in [2.24, 2.45) is 0 Å². The lowest BCUT2D eigenvalue weighted by molar-refractivity contribution is -0.159. The van der Waals surface area contributed by atoms with Crippen molar-refractivity contribution in [3.05, 3.63) is 0 Å². The highest BCUT2D eigenvalue weighted by molar-refractivity contribution is 5.85. The lowest BCUT2D eigenvalue weighted by Gasteiger charge is -2.28. The largest absolute Gasteiger partial charge is 0.464 e. The van der Waals surface area contributed by atoms with Gasteiger partial charge in [-0.1, -0.05) is 116 Å². The molecule has 2 bridgehead atoms. The van der Waals surface area contributed by atoms with Gasteiger partial charge in [-0.3, -0.25) is 19.2 Å². The summed E-state index contributed by atoms with van der Waals surface area (Å²) >= 11 is 0. The number of hydrogen-bond donors (Lipinski definition) is 2. The van der Waals surface area contributed by atoms with Crippen LogP contribution in [0, 0.1) is 23.7 Å². The SMILES string of the molecule is CCCCCCCCCCOC(=O)[C@@H]1CCC(=O)OC2CCC(CC2)OC(=O)CC[C@@H](C(=O)OCCCCCCCCCC)NC(=O)CCCC#CC#CCCCC(=O)N1. The predicted octanol–water partition coefficient (Wildman–Crippen LogP) is 8.64. The molecule has 3 rings (SSSR count). The van der Waals surface area contributed by atoms with E-state index in [2.05, 4.69) is 48.2 Å². The van der Waals surface area contributed by atoms with Gasteiger partial charge < -0.3 is 29.6 Å². The number of carbonyl (C=O) groups excluding carboxylic acids is 6. The Morgan fingerprint density at radius 1 is 0.517 bits per heavy atom. The Kier molecular flexibility index (Phi) is 30.1. The molecule has 0 aromatic rings. The van der Waals surface area contributed by atoms with E-state index < -0.39 is 36.0 Å². The Labute approximate surface area is 360 Å². The van der Waals surface area contributed by atoms with Crippen LogP contribution in [-0.4, -0.2) is 73.2 Å². The van der Waals surface area contributed by atoms with Crippen molar-refractivity contribution in [3.8, 4) is 23.7 Å². The van der Waals surface area contributed by atoms with Crippen LogP contribution in [0.1, 0.15) is 206 Å². The molecule has 0 aromatic heterocycles. The first-order valence-electron chi connectivity index (χ1n) is 23.5. The van der Waals surface area contributed by atoms with Crippen LogP contribution < -0.4 is 10.6 Å². The molecule has 0 aromatic carbocycles. The standard InChI is InChI=1S/C48H76N2O10/c1-3-5-7-9-11-17-21-25-37-57-47(55)41-33-35-45(53)59-39-29-31-40(32-30-39)60-46(54)36-34-42(48(56)58-38-26-22-18-12-10-8-6-4-2)50-44(52)28-24-20-16-14-13-15-19-23-27-43(51)49-41/h39-42H,3-12,17-38H2,1-2H3,(H,49,51)(H,50,52)/t39?,40?,41-,42-/m0/s1. The third-order valence-corrected chi connectivity index (χ3v) is 10.9. The molecule has 338 valence electrons. The number of esters is 4. The average Bonchev–Trinajstić information content (AvgIpc) is 3.23. The van der Waals surface area contributed by atoms with Crippen molar-refractivity contribution in [1.82, 2.24) is 10.6 Å². The van der Waals surface area contributed by atoms with E-state index in [4.69, 9.17) is 18.9 Å². The number of rotatable bonds is 20. The molecule has 2 N–H and O–H groups in total. The molecule has 12 nitrogen and oxygen atoms in total. The van der Waals surface area contributed by atoms with Gasteiger partial charge in [0.05, 0.1) is 13.2 Å². The van der Waals surface area contributed by atoms with Gasteiger partial charge in [0.2, 0.25) is 11.8 Å². The van der Waals surface area contributed by atoms with E-state index >= 15 is 0 Å². The Morgan fingerprint density at radius 3 is 1.23 bits per heavy atom. The smallest absolute Gasteiger partial charge is 0.328 e. The number of ether oxygens (including phenoxy) is 4. The van der Waals surface area contributed by atoms with Crippen molar-refractivity contribution >= 4 is 35.7 Å². The fourth-order valence-electron chi connectivity index (χ4n) is 7.22. The van der Waals surface area contributed by atoms with Crippen LogP contribution in [0.5, 0.6) is 0 Å². The molecule has 1 saturated carbocycles. The molecule has 0 radical (unpaired) electrons. The Morgan fingerprint density at radius 2 is 0.867 bits per heavy atom. The van der Waals surface area contributed by atoms with Gasteiger partial charge in [-0.15, -0.1) is 0 Å². The normalized spacial score (nSPS) is 21.6. The van der Waals surface area contributed by atoms with Crippen LogP contribution in [0.25, 0.3) is 0 Å². The molecule has 1 fully saturated rings. The van der Waals surface area contributed by atoms with Crippen LogP contribution >= 0.6 is 0 Å². The lowest BCUT2D eigenvalue weighted by atomic mass is 9.95. The topological polar surface area (TPSA) is 163 Å². The molecule has 0 spiro atoms. The summed E-state index contributed by atoms with van der Waals surface area (Å²) in [6.45, 7) is 4.91. The van der Waals surface area contributed by atoms with Crippen LogP contribution in [0.15, 0.2) is 0 Å². The van der Waals surface area contributed by atoms with E-state index in [1.54, 1.807) is 0 Å². The molecule has 1 aliphatic carbocycles. The number of nitrogens with one attached hydrogen (secondary N) is 2. The molecule has 0 saturated heterocycles. The van der Waals surface area contributed by atoms with Gasteiger partial charge in [0, 0.05) is 38.5 Å². The van der Waals surface area contributed by atoms with E-state index in [1.807, 2.05) is 0 Å². The maximum Gasteiger partial charge on any atom is 0.328 e. The minimum Gasteiger partial charge on any atom is -0.464 e. The van der Waals surface area contributed by atoms with Crippen molar-refractivity contribution in [1.29, 1.82) is 0 Å². The first-order chi connectivity index (χ1) is 29.2. The third-order valence-electron chi connectivity index (χ3n) is 10.9. The third kappa shape index (κ3) is 26.9. The van der Waals surface area contributed by atoms with Crippen LogP contribution in [0.4, 0.5) is 0 Å². The summed E-state index contributed by atoms with van der Waals surface area (Å²) in [6, 6.07) is -1.95. The first kappa shape index (κ1) is 52.1. The first-order valence-corrected chi connectivity index (χ1v) is 23.5. The number of amides is 2. The Hall–Kier alpha value is -4.06. The minimum absolute atomic E-state index is 0.0529. The van der Waals surface area contributed by atoms with Crippen molar-refractivity contribution < 1.29 is 47.7 Å². The van der Waals surface area contributed by atoms with E-state index in [9.17, 15) is 28.8 Å². The molecular weight excluding hydrogens is 765 g/mol. The van der Waals surface area contributed by atoms with Gasteiger partial charge in [-0.2, -0.15) is 0 Å². The summed E-state index contributed by atoms with van der Waals surface area (Å²) in [5.41, 5.74) is 0. The molecular formula is C48H76N2O10. The maximum absolute atomic E-state index is 13.1. The summed E-state index contributed by atoms with van der Waals surface area (Å²) in [5, 5.41) is 5.51. The second-order valence-corrected chi connectivity index (χ2v) is 16.3. The van der Waals surface area contributed by atoms with Gasteiger partial charge in [0.1, 0.15) is 24.3 Å². The molecule has 2 heterocycles. The van der Waals surface area contributed by atoms with E-state index in [0.29, 0.717) is 51.4 Å². The monoisotopic (exact) mass is 841 g/mol. The molecule has 2 atom stereocenters. The quantitative estimate of drug-likeness (QED) is 0.0525. The Balaban J connectivity index is 1.96. The van der Waals surface area contributed by atoms with Crippen LogP contribution in [0.3, 0.4) is 0 Å². The van der Waals surface area contributed by atoms with Gasteiger partial charge in [0.25, 0.3) is 0 Å². The van der Waals surface area contributed by atoms with Gasteiger partial charge >= 0.3 is 23.9 Å². The average molecular weight is 841 g/mol. The molecule has 12 heteroatoms. The highest BCUT2D eigenvalue weighted by Crippen LogP contribution is 2.25. The second kappa shape index (κ2) is 34.6. The maximum atomic E-state index is 13.1. The zero-order valence-corrected chi connectivity index (χ0v) is 37.0. The summed E-state index contributed by atoms with van der Waals surface area (Å²) in [6.07, 6.45) is 21.1. The zero-order valence-electron chi connectivity index (χ0n) is 37.0. The predicted molar refractivity (Wildman–Crippen MR) is 231 cm³/mol. The summed E-state index contributed by atoms with van der Waals surface area (Å²) in [7, 11) is 0. The highest BCUT2D eigenvalue weighted by Gasteiger charge is 2.29. The van der Waals surface area contributed by atoms with E-state index in [-0.39, 0.29) is 75.8 Å². The molecule has 2 aliphatic heterocycles. The van der Waals surface area contributed by atoms with Crippen LogP contribution in [-0.2, 0) is 47.7 Å². The number of hydrogen-bond acceptors (Lipinski definition) is 10. The van der Waals surface area contributed by atoms with Gasteiger partial charge in [-0.05, 0) is 76.0 Å². The summed E-state index contributed by atoms with van der Waals surface area (Å²) in [5.74, 6) is 8.68. The Bertz CT molecular complexity index is 1280. The van der Waals surface area contributed by atoms with Gasteiger partial charge in [0.15, 0.2) is 0 Å².